The molecule has 2 heterocycles. The molecule has 6 heteroatoms. The maximum atomic E-state index is 14.7. The molecule has 0 fully saturated rings. The third-order valence-corrected chi connectivity index (χ3v) is 25.2. The van der Waals surface area contributed by atoms with Gasteiger partial charge in [0, 0.05) is 31.3 Å². The molecule has 5 rings (SSSR count). The van der Waals surface area contributed by atoms with E-state index < -0.39 is 16.1 Å². The van der Waals surface area contributed by atoms with Gasteiger partial charge in [-0.3, -0.25) is 0 Å². The van der Waals surface area contributed by atoms with E-state index >= 15 is 0 Å². The second kappa shape index (κ2) is 12.8. The maximum absolute atomic E-state index is 14.7. The molecule has 0 radical (unpaired) electrons. The van der Waals surface area contributed by atoms with Gasteiger partial charge < -0.3 is 0 Å². The van der Waals surface area contributed by atoms with Crippen molar-refractivity contribution >= 4 is 80.5 Å². The van der Waals surface area contributed by atoms with Crippen LogP contribution in [0.4, 0.5) is 8.78 Å². The van der Waals surface area contributed by atoms with Crippen LogP contribution in [0.25, 0.3) is 41.7 Å². The molecule has 3 aromatic carbocycles. The normalized spacial score (nSPS) is 13.0. The SMILES string of the molecule is CC(C)[Si](C#Cc1c2cc3cc(F)sc3cc2c(C#C[Si](C(C)C)(C(C)C)C(C)C)c2cc3cc(F)sc3cc12)(C(C)C)C(C)C. The van der Waals surface area contributed by atoms with Gasteiger partial charge >= 0.3 is 0 Å². The number of thiophene rings is 2. The highest BCUT2D eigenvalue weighted by Crippen LogP contribution is 2.44. The molecule has 0 aliphatic heterocycles. The fourth-order valence-electron chi connectivity index (χ4n) is 8.70. The van der Waals surface area contributed by atoms with E-state index in [-0.39, 0.29) is 10.3 Å². The monoisotopic (exact) mass is 686 g/mol. The molecule has 5 aromatic rings. The Kier molecular flexibility index (Phi) is 9.73. The van der Waals surface area contributed by atoms with Gasteiger partial charge in [0.15, 0.2) is 10.3 Å². The van der Waals surface area contributed by atoms with E-state index in [0.29, 0.717) is 33.2 Å². The summed E-state index contributed by atoms with van der Waals surface area (Å²) < 4.78 is 31.3. The fraction of sp³-hybridized carbons (Fsp3) is 0.450. The number of fused-ring (bicyclic) bond motifs is 4. The van der Waals surface area contributed by atoms with Crippen molar-refractivity contribution in [2.45, 2.75) is 116 Å². The van der Waals surface area contributed by atoms with E-state index in [1.165, 1.54) is 22.7 Å². The lowest BCUT2D eigenvalue weighted by Crippen LogP contribution is -2.43. The highest BCUT2D eigenvalue weighted by atomic mass is 32.1. The van der Waals surface area contributed by atoms with Gasteiger partial charge in [-0.2, -0.15) is 8.78 Å². The second-order valence-electron chi connectivity index (χ2n) is 15.0. The van der Waals surface area contributed by atoms with E-state index in [4.69, 9.17) is 0 Å². The average molecular weight is 687 g/mol. The molecule has 242 valence electrons. The molecule has 0 saturated heterocycles. The lowest BCUT2D eigenvalue weighted by Gasteiger charge is -2.38. The molecule has 0 spiro atoms. The summed E-state index contributed by atoms with van der Waals surface area (Å²) in [6.45, 7) is 28.0. The Labute approximate surface area is 285 Å². The zero-order valence-electron chi connectivity index (χ0n) is 29.5. The van der Waals surface area contributed by atoms with Crippen molar-refractivity contribution in [3.8, 4) is 22.9 Å². The minimum atomic E-state index is -2.07. The van der Waals surface area contributed by atoms with Crippen molar-refractivity contribution in [2.24, 2.45) is 0 Å². The summed E-state index contributed by atoms with van der Waals surface area (Å²) >= 11 is 2.35. The van der Waals surface area contributed by atoms with Gasteiger partial charge in [-0.1, -0.05) is 94.9 Å². The summed E-state index contributed by atoms with van der Waals surface area (Å²) in [6.07, 6.45) is 0. The van der Waals surface area contributed by atoms with E-state index in [2.05, 4.69) is 130 Å². The van der Waals surface area contributed by atoms with E-state index in [0.717, 1.165) is 52.8 Å². The van der Waals surface area contributed by atoms with Crippen LogP contribution in [-0.2, 0) is 0 Å². The standard InChI is InChI=1S/C40H48F2S2Si2/c1-23(2)45(24(3)4,25(5)6)15-13-31-33-17-29-19-39(41)44-38(29)22-36(33)32(14-16-46(26(7)8,27(9)10)28(11)12)34-18-30-20-40(42)43-37(30)21-35(31)34/h17-28H,1-12H3. The smallest absolute Gasteiger partial charge is 0.177 e. The Morgan fingerprint density at radius 3 is 1.02 bits per heavy atom. The summed E-state index contributed by atoms with van der Waals surface area (Å²) in [5.74, 6) is 7.61. The van der Waals surface area contributed by atoms with Crippen molar-refractivity contribution in [2.75, 3.05) is 0 Å². The molecular formula is C40H48F2S2Si2. The van der Waals surface area contributed by atoms with E-state index in [1.54, 1.807) is 12.1 Å². The first-order valence-electron chi connectivity index (χ1n) is 16.8. The highest BCUT2D eigenvalue weighted by molar-refractivity contribution is 7.18. The fourth-order valence-corrected chi connectivity index (χ4v) is 20.7. The molecule has 0 aliphatic carbocycles. The average Bonchev–Trinajstić information content (AvgIpc) is 3.50. The van der Waals surface area contributed by atoms with Gasteiger partial charge in [-0.15, -0.1) is 33.8 Å². The predicted molar refractivity (Wildman–Crippen MR) is 208 cm³/mol. The van der Waals surface area contributed by atoms with Crippen LogP contribution in [0.3, 0.4) is 0 Å². The van der Waals surface area contributed by atoms with Crippen LogP contribution >= 0.6 is 22.7 Å². The van der Waals surface area contributed by atoms with Crippen LogP contribution in [0.15, 0.2) is 36.4 Å². The Morgan fingerprint density at radius 1 is 0.457 bits per heavy atom. The first kappa shape index (κ1) is 34.8. The summed E-state index contributed by atoms with van der Waals surface area (Å²) in [6, 6.07) is 11.8. The molecule has 2 aromatic heterocycles. The second-order valence-corrected chi connectivity index (χ2v) is 28.2. The Hall–Kier alpha value is -2.49. The van der Waals surface area contributed by atoms with Crippen molar-refractivity contribution in [1.29, 1.82) is 0 Å². The Morgan fingerprint density at radius 2 is 0.739 bits per heavy atom. The van der Waals surface area contributed by atoms with Crippen LogP contribution < -0.4 is 0 Å². The lowest BCUT2D eigenvalue weighted by atomic mass is 9.91. The highest BCUT2D eigenvalue weighted by Gasteiger charge is 2.43. The number of benzene rings is 3. The number of halogens is 2. The van der Waals surface area contributed by atoms with Crippen molar-refractivity contribution in [3.05, 3.63) is 57.8 Å². The van der Waals surface area contributed by atoms with E-state index in [9.17, 15) is 8.78 Å². The van der Waals surface area contributed by atoms with E-state index in [1.807, 2.05) is 0 Å². The van der Waals surface area contributed by atoms with Crippen molar-refractivity contribution in [1.82, 2.24) is 0 Å². The Balaban J connectivity index is 2.02. The van der Waals surface area contributed by atoms with Crippen LogP contribution in [0.5, 0.6) is 0 Å². The van der Waals surface area contributed by atoms with Gasteiger partial charge in [0.2, 0.25) is 0 Å². The van der Waals surface area contributed by atoms with Gasteiger partial charge in [-0.25, -0.2) is 0 Å². The van der Waals surface area contributed by atoms with Crippen LogP contribution in [0.2, 0.25) is 33.2 Å². The Bertz CT molecular complexity index is 1790. The molecule has 0 saturated carbocycles. The molecule has 0 bridgehead atoms. The minimum Gasteiger partial charge on any atom is -0.195 e. The van der Waals surface area contributed by atoms with Gasteiger partial charge in [0.1, 0.15) is 16.1 Å². The quantitative estimate of drug-likeness (QED) is 0.0947. The first-order chi connectivity index (χ1) is 21.5. The van der Waals surface area contributed by atoms with Crippen LogP contribution in [0, 0.1) is 33.2 Å². The molecule has 0 atom stereocenters. The topological polar surface area (TPSA) is 0 Å². The van der Waals surface area contributed by atoms with Crippen molar-refractivity contribution < 1.29 is 8.78 Å². The first-order valence-corrected chi connectivity index (χ1v) is 22.9. The lowest BCUT2D eigenvalue weighted by molar-refractivity contribution is 0.658. The molecular weight excluding hydrogens is 639 g/mol. The molecule has 0 nitrogen and oxygen atoms in total. The summed E-state index contributed by atoms with van der Waals surface area (Å²) in [7, 11) is -4.15. The third-order valence-electron chi connectivity index (χ3n) is 10.9. The van der Waals surface area contributed by atoms with Gasteiger partial charge in [-0.05, 0) is 91.2 Å². The van der Waals surface area contributed by atoms with Crippen LogP contribution in [-0.4, -0.2) is 16.1 Å². The summed E-state index contributed by atoms with van der Waals surface area (Å²) in [4.78, 5) is 0. The molecule has 46 heavy (non-hydrogen) atoms. The zero-order valence-corrected chi connectivity index (χ0v) is 33.1. The molecule has 0 aliphatic rings. The number of rotatable bonds is 6. The zero-order chi connectivity index (χ0) is 33.9. The number of hydrogen-bond donors (Lipinski definition) is 0. The van der Waals surface area contributed by atoms with Gasteiger partial charge in [0.05, 0.1) is 0 Å². The number of hydrogen-bond acceptors (Lipinski definition) is 2. The molecule has 0 N–H and O–H groups in total. The maximum Gasteiger partial charge on any atom is 0.177 e. The summed E-state index contributed by atoms with van der Waals surface area (Å²) in [5, 5.41) is 5.43. The van der Waals surface area contributed by atoms with Crippen LogP contribution in [0.1, 0.15) is 94.2 Å². The summed E-state index contributed by atoms with van der Waals surface area (Å²) in [5.41, 5.74) is 12.8. The van der Waals surface area contributed by atoms with Gasteiger partial charge in [0.25, 0.3) is 0 Å². The predicted octanol–water partition coefficient (Wildman–Crippen LogP) is 13.8. The molecule has 0 amide bonds. The third kappa shape index (κ3) is 5.68. The van der Waals surface area contributed by atoms with Crippen molar-refractivity contribution in [3.63, 3.8) is 0 Å². The molecule has 0 unspecified atom stereocenters. The minimum absolute atomic E-state index is 0.192. The largest absolute Gasteiger partial charge is 0.195 e.